The molecule has 0 saturated carbocycles. The van der Waals surface area contributed by atoms with Crippen LogP contribution < -0.4 is 4.74 Å². The van der Waals surface area contributed by atoms with Gasteiger partial charge in [0.25, 0.3) is 0 Å². The number of nitrogens with zero attached hydrogens (tertiary/aromatic N) is 2. The zero-order valence-electron chi connectivity index (χ0n) is 10.6. The molecule has 1 N–H and O–H groups in total. The van der Waals surface area contributed by atoms with Gasteiger partial charge in [-0.05, 0) is 23.8 Å². The summed E-state index contributed by atoms with van der Waals surface area (Å²) >= 11 is 0. The number of aromatic hydroxyl groups is 1. The molecule has 0 unspecified atom stereocenters. The molecule has 3 aromatic rings. The Morgan fingerprint density at radius 2 is 2.00 bits per heavy atom. The molecule has 19 heavy (non-hydrogen) atoms. The van der Waals surface area contributed by atoms with E-state index in [9.17, 15) is 5.11 Å². The molecule has 0 amide bonds. The second-order valence-corrected chi connectivity index (χ2v) is 4.41. The number of pyridine rings is 1. The third-order valence-corrected chi connectivity index (χ3v) is 3.04. The van der Waals surface area contributed by atoms with Crippen LogP contribution in [0.25, 0.3) is 5.65 Å². The van der Waals surface area contributed by atoms with E-state index in [1.54, 1.807) is 19.2 Å². The number of phenolic OH excluding ortho intramolecular Hbond substituents is 1. The highest BCUT2D eigenvalue weighted by molar-refractivity contribution is 5.46. The Hall–Kier alpha value is -2.49. The average Bonchev–Trinajstić information content (AvgIpc) is 2.82. The molecule has 0 bridgehead atoms. The molecule has 2 heterocycles. The molecular formula is C15H14N2O2. The summed E-state index contributed by atoms with van der Waals surface area (Å²) in [6, 6.07) is 11.0. The first-order valence-electron chi connectivity index (χ1n) is 6.04. The fourth-order valence-corrected chi connectivity index (χ4v) is 2.05. The Morgan fingerprint density at radius 3 is 2.74 bits per heavy atom. The van der Waals surface area contributed by atoms with Crippen LogP contribution in [0.4, 0.5) is 0 Å². The van der Waals surface area contributed by atoms with Gasteiger partial charge in [-0.3, -0.25) is 0 Å². The lowest BCUT2D eigenvalue weighted by Crippen LogP contribution is -1.87. The predicted molar refractivity (Wildman–Crippen MR) is 72.7 cm³/mol. The van der Waals surface area contributed by atoms with E-state index >= 15 is 0 Å². The van der Waals surface area contributed by atoms with Crippen molar-refractivity contribution >= 4 is 5.65 Å². The van der Waals surface area contributed by atoms with Crippen molar-refractivity contribution in [2.24, 2.45) is 0 Å². The predicted octanol–water partition coefficient (Wildman–Crippen LogP) is 2.64. The van der Waals surface area contributed by atoms with Crippen molar-refractivity contribution in [1.82, 2.24) is 9.38 Å². The molecule has 0 radical (unpaired) electrons. The molecule has 0 aliphatic heterocycles. The molecule has 3 rings (SSSR count). The largest absolute Gasteiger partial charge is 0.508 e. The maximum atomic E-state index is 9.26. The van der Waals surface area contributed by atoms with E-state index in [2.05, 4.69) is 4.98 Å². The van der Waals surface area contributed by atoms with Gasteiger partial charge in [0, 0.05) is 24.9 Å². The van der Waals surface area contributed by atoms with Crippen molar-refractivity contribution in [1.29, 1.82) is 0 Å². The highest BCUT2D eigenvalue weighted by atomic mass is 16.5. The number of methoxy groups -OCH3 is 1. The van der Waals surface area contributed by atoms with Crippen molar-refractivity contribution in [3.63, 3.8) is 0 Å². The second kappa shape index (κ2) is 4.65. The van der Waals surface area contributed by atoms with E-state index in [0.29, 0.717) is 0 Å². The van der Waals surface area contributed by atoms with Crippen molar-refractivity contribution < 1.29 is 9.84 Å². The maximum Gasteiger partial charge on any atom is 0.140 e. The van der Waals surface area contributed by atoms with Crippen LogP contribution in [0, 0.1) is 0 Å². The second-order valence-electron chi connectivity index (χ2n) is 4.41. The lowest BCUT2D eigenvalue weighted by Gasteiger charge is -1.98. The first-order valence-corrected chi connectivity index (χ1v) is 6.04. The van der Waals surface area contributed by atoms with Crippen LogP contribution in [0.3, 0.4) is 0 Å². The minimum Gasteiger partial charge on any atom is -0.508 e. The quantitative estimate of drug-likeness (QED) is 0.781. The van der Waals surface area contributed by atoms with E-state index in [1.165, 1.54) is 0 Å². The van der Waals surface area contributed by atoms with Gasteiger partial charge >= 0.3 is 0 Å². The van der Waals surface area contributed by atoms with Crippen LogP contribution in [0.1, 0.15) is 11.3 Å². The van der Waals surface area contributed by atoms with Crippen LogP contribution >= 0.6 is 0 Å². The number of fused-ring (bicyclic) bond motifs is 1. The van der Waals surface area contributed by atoms with Gasteiger partial charge in [0.1, 0.15) is 17.1 Å². The lowest BCUT2D eigenvalue weighted by atomic mass is 10.1. The van der Waals surface area contributed by atoms with Crippen LogP contribution in [0.15, 0.2) is 48.8 Å². The summed E-state index contributed by atoms with van der Waals surface area (Å²) in [5.41, 5.74) is 2.97. The van der Waals surface area contributed by atoms with Crippen molar-refractivity contribution in [3.05, 3.63) is 60.0 Å². The fourth-order valence-electron chi connectivity index (χ4n) is 2.05. The van der Waals surface area contributed by atoms with E-state index in [-0.39, 0.29) is 5.75 Å². The molecule has 4 heteroatoms. The number of aromatic nitrogens is 2. The summed E-state index contributed by atoms with van der Waals surface area (Å²) in [7, 11) is 1.64. The van der Waals surface area contributed by atoms with Crippen LogP contribution in [-0.2, 0) is 6.42 Å². The smallest absolute Gasteiger partial charge is 0.140 e. The van der Waals surface area contributed by atoms with E-state index in [1.807, 2.05) is 41.1 Å². The molecular weight excluding hydrogens is 240 g/mol. The summed E-state index contributed by atoms with van der Waals surface area (Å²) in [6.45, 7) is 0. The van der Waals surface area contributed by atoms with Crippen molar-refractivity contribution in [3.8, 4) is 11.5 Å². The minimum absolute atomic E-state index is 0.281. The number of ether oxygens (including phenoxy) is 1. The zero-order chi connectivity index (χ0) is 13.2. The van der Waals surface area contributed by atoms with Crippen LogP contribution in [0.5, 0.6) is 11.5 Å². The highest BCUT2D eigenvalue weighted by Gasteiger charge is 2.04. The van der Waals surface area contributed by atoms with Gasteiger partial charge < -0.3 is 14.2 Å². The molecule has 0 aliphatic carbocycles. The molecule has 0 saturated heterocycles. The first kappa shape index (κ1) is 11.6. The molecule has 96 valence electrons. The average molecular weight is 254 g/mol. The molecule has 4 nitrogen and oxygen atoms in total. The number of hydrogen-bond acceptors (Lipinski definition) is 3. The normalized spacial score (nSPS) is 10.8. The molecule has 2 aromatic heterocycles. The van der Waals surface area contributed by atoms with Gasteiger partial charge in [-0.25, -0.2) is 4.98 Å². The topological polar surface area (TPSA) is 46.8 Å². The Balaban J connectivity index is 1.90. The number of phenols is 1. The third-order valence-electron chi connectivity index (χ3n) is 3.04. The number of rotatable bonds is 3. The number of benzene rings is 1. The van der Waals surface area contributed by atoms with Crippen LogP contribution in [0.2, 0.25) is 0 Å². The number of hydrogen-bond donors (Lipinski definition) is 1. The molecule has 0 fully saturated rings. The lowest BCUT2D eigenvalue weighted by molar-refractivity contribution is 0.414. The summed E-state index contributed by atoms with van der Waals surface area (Å²) in [4.78, 5) is 4.56. The Labute approximate surface area is 110 Å². The minimum atomic E-state index is 0.281. The standard InChI is InChI=1S/C15H14N2O2/c1-19-14-6-7-17-10-12(16-15(17)9-14)8-11-2-4-13(18)5-3-11/h2-7,9-10,18H,8H2,1H3. The fraction of sp³-hybridized carbons (Fsp3) is 0.133. The van der Waals surface area contributed by atoms with Gasteiger partial charge in [-0.2, -0.15) is 0 Å². The van der Waals surface area contributed by atoms with Crippen molar-refractivity contribution in [2.75, 3.05) is 7.11 Å². The number of imidazole rings is 1. The molecule has 0 atom stereocenters. The Bertz CT molecular complexity index is 702. The Kier molecular flexibility index (Phi) is 2.83. The Morgan fingerprint density at radius 1 is 1.21 bits per heavy atom. The SMILES string of the molecule is COc1ccn2cc(Cc3ccc(O)cc3)nc2c1. The molecule has 0 aliphatic rings. The molecule has 1 aromatic carbocycles. The van der Waals surface area contributed by atoms with Crippen molar-refractivity contribution in [2.45, 2.75) is 6.42 Å². The van der Waals surface area contributed by atoms with E-state index in [0.717, 1.165) is 29.1 Å². The summed E-state index contributed by atoms with van der Waals surface area (Å²) < 4.78 is 7.15. The van der Waals surface area contributed by atoms with Gasteiger partial charge in [0.15, 0.2) is 0 Å². The maximum absolute atomic E-state index is 9.26. The van der Waals surface area contributed by atoms with Gasteiger partial charge in [-0.15, -0.1) is 0 Å². The van der Waals surface area contributed by atoms with E-state index in [4.69, 9.17) is 4.74 Å². The first-order chi connectivity index (χ1) is 9.24. The zero-order valence-corrected chi connectivity index (χ0v) is 10.6. The van der Waals surface area contributed by atoms with Gasteiger partial charge in [0.05, 0.1) is 12.8 Å². The highest BCUT2D eigenvalue weighted by Crippen LogP contribution is 2.17. The van der Waals surface area contributed by atoms with Gasteiger partial charge in [-0.1, -0.05) is 12.1 Å². The van der Waals surface area contributed by atoms with E-state index < -0.39 is 0 Å². The summed E-state index contributed by atoms with van der Waals surface area (Å²) in [6.07, 6.45) is 4.67. The van der Waals surface area contributed by atoms with Gasteiger partial charge in [0.2, 0.25) is 0 Å². The third kappa shape index (κ3) is 2.38. The summed E-state index contributed by atoms with van der Waals surface area (Å²) in [5.74, 6) is 1.08. The summed E-state index contributed by atoms with van der Waals surface area (Å²) in [5, 5.41) is 9.26. The van der Waals surface area contributed by atoms with Crippen LogP contribution in [-0.4, -0.2) is 21.6 Å². The molecule has 0 spiro atoms. The monoisotopic (exact) mass is 254 g/mol.